The molecule has 2 aromatic heterocycles. The van der Waals surface area contributed by atoms with Crippen LogP contribution in [0.15, 0.2) is 24.7 Å². The van der Waals surface area contributed by atoms with Gasteiger partial charge in [-0.3, -0.25) is 4.68 Å². The molecule has 98 valence electrons. The number of nitrogens with one attached hydrogen (secondary N) is 1. The van der Waals surface area contributed by atoms with Crippen LogP contribution >= 0.6 is 0 Å². The number of rotatable bonds is 6. The maximum atomic E-state index is 4.46. The lowest BCUT2D eigenvalue weighted by Gasteiger charge is -2.17. The first kappa shape index (κ1) is 12.8. The minimum absolute atomic E-state index is 0.246. The molecule has 0 aliphatic rings. The smallest absolute Gasteiger partial charge is 0.110 e. The van der Waals surface area contributed by atoms with Gasteiger partial charge >= 0.3 is 0 Å². The second-order valence-corrected chi connectivity index (χ2v) is 4.46. The quantitative estimate of drug-likeness (QED) is 0.842. The van der Waals surface area contributed by atoms with E-state index >= 15 is 0 Å². The van der Waals surface area contributed by atoms with Gasteiger partial charge in [-0.2, -0.15) is 5.10 Å². The molecule has 0 aliphatic carbocycles. The first-order valence-corrected chi connectivity index (χ1v) is 6.41. The zero-order valence-electron chi connectivity index (χ0n) is 11.3. The van der Waals surface area contributed by atoms with E-state index in [1.54, 1.807) is 0 Å². The summed E-state index contributed by atoms with van der Waals surface area (Å²) < 4.78 is 4.13. The van der Waals surface area contributed by atoms with E-state index in [0.717, 1.165) is 25.2 Å². The normalized spacial score (nSPS) is 12.8. The molecule has 0 saturated heterocycles. The van der Waals surface area contributed by atoms with Crippen molar-refractivity contribution < 1.29 is 0 Å². The van der Waals surface area contributed by atoms with Gasteiger partial charge in [-0.05, 0) is 19.5 Å². The molecule has 0 radical (unpaired) electrons. The van der Waals surface area contributed by atoms with Crippen molar-refractivity contribution in [3.8, 4) is 0 Å². The van der Waals surface area contributed by atoms with Crippen molar-refractivity contribution in [3.63, 3.8) is 0 Å². The first-order chi connectivity index (χ1) is 8.76. The van der Waals surface area contributed by atoms with Gasteiger partial charge in [0.1, 0.15) is 5.82 Å². The van der Waals surface area contributed by atoms with E-state index in [9.17, 15) is 0 Å². The third kappa shape index (κ3) is 2.61. The number of likely N-dealkylation sites (N-methyl/N-ethyl adjacent to an activating group) is 1. The summed E-state index contributed by atoms with van der Waals surface area (Å²) in [7, 11) is 3.95. The van der Waals surface area contributed by atoms with Crippen LogP contribution in [-0.2, 0) is 20.0 Å². The van der Waals surface area contributed by atoms with Gasteiger partial charge < -0.3 is 9.88 Å². The molecule has 18 heavy (non-hydrogen) atoms. The van der Waals surface area contributed by atoms with Crippen LogP contribution < -0.4 is 5.32 Å². The highest BCUT2D eigenvalue weighted by Crippen LogP contribution is 2.16. The maximum absolute atomic E-state index is 4.46. The molecule has 2 aromatic rings. The van der Waals surface area contributed by atoms with E-state index in [4.69, 9.17) is 0 Å². The molecule has 1 N–H and O–H groups in total. The summed E-state index contributed by atoms with van der Waals surface area (Å²) in [5.74, 6) is 1.12. The lowest BCUT2D eigenvalue weighted by atomic mass is 10.1. The molecule has 2 heterocycles. The number of hydrogen-bond donors (Lipinski definition) is 1. The minimum atomic E-state index is 0.246. The Labute approximate surface area is 108 Å². The molecule has 0 aliphatic heterocycles. The van der Waals surface area contributed by atoms with Gasteiger partial charge in [0.05, 0.1) is 11.7 Å². The van der Waals surface area contributed by atoms with Gasteiger partial charge in [-0.1, -0.05) is 6.92 Å². The molecule has 5 heteroatoms. The molecule has 0 spiro atoms. The van der Waals surface area contributed by atoms with Gasteiger partial charge in [0.15, 0.2) is 0 Å². The van der Waals surface area contributed by atoms with Crippen molar-refractivity contribution in [2.45, 2.75) is 32.4 Å². The summed E-state index contributed by atoms with van der Waals surface area (Å²) in [6.07, 6.45) is 7.76. The minimum Gasteiger partial charge on any atom is -0.335 e. The number of hydrogen-bond acceptors (Lipinski definition) is 3. The molecule has 1 atom stereocenters. The third-order valence-corrected chi connectivity index (χ3v) is 3.22. The average molecular weight is 247 g/mol. The Hall–Kier alpha value is -1.62. The number of aromatic nitrogens is 4. The highest BCUT2D eigenvalue weighted by Gasteiger charge is 2.16. The van der Waals surface area contributed by atoms with Crippen LogP contribution in [0.25, 0.3) is 0 Å². The van der Waals surface area contributed by atoms with Crippen molar-refractivity contribution in [2.24, 2.45) is 7.05 Å². The maximum Gasteiger partial charge on any atom is 0.110 e. The second kappa shape index (κ2) is 5.82. The van der Waals surface area contributed by atoms with Crippen molar-refractivity contribution in [2.75, 3.05) is 7.05 Å². The Morgan fingerprint density at radius 1 is 1.39 bits per heavy atom. The lowest BCUT2D eigenvalue weighted by molar-refractivity contribution is 0.508. The summed E-state index contributed by atoms with van der Waals surface area (Å²) in [5.41, 5.74) is 1.18. The van der Waals surface area contributed by atoms with Gasteiger partial charge in [-0.15, -0.1) is 0 Å². The van der Waals surface area contributed by atoms with Crippen molar-refractivity contribution >= 4 is 0 Å². The Bertz CT molecular complexity index is 485. The largest absolute Gasteiger partial charge is 0.335 e. The number of imidazole rings is 1. The van der Waals surface area contributed by atoms with Crippen LogP contribution in [-0.4, -0.2) is 26.4 Å². The molecule has 2 rings (SSSR count). The standard InChI is InChI=1S/C13H21N5/c1-4-8-18-9-7-15-13(18)10-11(14-2)12-5-6-16-17(12)3/h5-7,9,11,14H,4,8,10H2,1-3H3. The predicted octanol–water partition coefficient (Wildman–Crippen LogP) is 1.53. The topological polar surface area (TPSA) is 47.7 Å². The van der Waals surface area contributed by atoms with Crippen LogP contribution in [0.3, 0.4) is 0 Å². The Morgan fingerprint density at radius 2 is 2.22 bits per heavy atom. The predicted molar refractivity (Wildman–Crippen MR) is 71.2 cm³/mol. The summed E-state index contributed by atoms with van der Waals surface area (Å²) in [5, 5.41) is 7.56. The molecule has 0 fully saturated rings. The Morgan fingerprint density at radius 3 is 2.83 bits per heavy atom. The van der Waals surface area contributed by atoms with E-state index in [1.165, 1.54) is 5.69 Å². The van der Waals surface area contributed by atoms with Crippen LogP contribution in [0.5, 0.6) is 0 Å². The molecule has 1 unspecified atom stereocenters. The molecule has 0 amide bonds. The average Bonchev–Trinajstić information content (AvgIpc) is 2.96. The van der Waals surface area contributed by atoms with Gasteiger partial charge in [0.2, 0.25) is 0 Å². The molecule has 0 aromatic carbocycles. The molecule has 0 bridgehead atoms. The zero-order valence-corrected chi connectivity index (χ0v) is 11.3. The van der Waals surface area contributed by atoms with Crippen molar-refractivity contribution in [3.05, 3.63) is 36.2 Å². The summed E-state index contributed by atoms with van der Waals surface area (Å²) >= 11 is 0. The summed E-state index contributed by atoms with van der Waals surface area (Å²) in [4.78, 5) is 4.46. The van der Waals surface area contributed by atoms with Gasteiger partial charge in [0.25, 0.3) is 0 Å². The van der Waals surface area contributed by atoms with Gasteiger partial charge in [-0.25, -0.2) is 4.98 Å². The fourth-order valence-electron chi connectivity index (χ4n) is 2.24. The van der Waals surface area contributed by atoms with Crippen LogP contribution in [0, 0.1) is 0 Å². The zero-order chi connectivity index (χ0) is 13.0. The fraction of sp³-hybridized carbons (Fsp3) is 0.538. The number of nitrogens with zero attached hydrogens (tertiary/aromatic N) is 4. The molecular formula is C13H21N5. The monoisotopic (exact) mass is 247 g/mol. The van der Waals surface area contributed by atoms with E-state index in [0.29, 0.717) is 0 Å². The van der Waals surface area contributed by atoms with Gasteiger partial charge in [0, 0.05) is 38.6 Å². The summed E-state index contributed by atoms with van der Waals surface area (Å²) in [6.45, 7) is 3.21. The third-order valence-electron chi connectivity index (χ3n) is 3.22. The second-order valence-electron chi connectivity index (χ2n) is 4.46. The Kier molecular flexibility index (Phi) is 4.15. The van der Waals surface area contributed by atoms with Crippen LogP contribution in [0.4, 0.5) is 0 Å². The van der Waals surface area contributed by atoms with Crippen molar-refractivity contribution in [1.29, 1.82) is 0 Å². The SMILES string of the molecule is CCCn1ccnc1CC(NC)c1ccnn1C. The van der Waals surface area contributed by atoms with E-state index < -0.39 is 0 Å². The lowest BCUT2D eigenvalue weighted by Crippen LogP contribution is -2.23. The number of aryl methyl sites for hydroxylation is 2. The summed E-state index contributed by atoms with van der Waals surface area (Å²) in [6, 6.07) is 2.30. The molecule has 5 nitrogen and oxygen atoms in total. The molecule has 0 saturated carbocycles. The molecular weight excluding hydrogens is 226 g/mol. The van der Waals surface area contributed by atoms with E-state index in [-0.39, 0.29) is 6.04 Å². The van der Waals surface area contributed by atoms with Crippen LogP contribution in [0.2, 0.25) is 0 Å². The Balaban J connectivity index is 2.15. The fourth-order valence-corrected chi connectivity index (χ4v) is 2.24. The first-order valence-electron chi connectivity index (χ1n) is 6.41. The van der Waals surface area contributed by atoms with Crippen molar-refractivity contribution in [1.82, 2.24) is 24.6 Å². The highest BCUT2D eigenvalue weighted by atomic mass is 15.3. The van der Waals surface area contributed by atoms with E-state index in [1.807, 2.05) is 37.2 Å². The van der Waals surface area contributed by atoms with Crippen LogP contribution in [0.1, 0.15) is 30.9 Å². The highest BCUT2D eigenvalue weighted by molar-refractivity contribution is 5.10. The van der Waals surface area contributed by atoms with E-state index in [2.05, 4.69) is 33.1 Å².